The van der Waals surface area contributed by atoms with Crippen molar-refractivity contribution >= 4 is 28.5 Å². The predicted molar refractivity (Wildman–Crippen MR) is 129 cm³/mol. The number of aromatic nitrogens is 1. The number of benzene rings is 2. The van der Waals surface area contributed by atoms with Crippen molar-refractivity contribution in [3.63, 3.8) is 0 Å². The Hall–Kier alpha value is -2.88. The van der Waals surface area contributed by atoms with Crippen LogP contribution in [-0.2, 0) is 5.41 Å². The highest BCUT2D eigenvalue weighted by Gasteiger charge is 2.63. The Bertz CT molecular complexity index is 1130. The topological polar surface area (TPSA) is 37.7 Å². The minimum Gasteiger partial charge on any atom is -0.457 e. The van der Waals surface area contributed by atoms with Crippen LogP contribution in [0.2, 0.25) is 0 Å². The van der Waals surface area contributed by atoms with Crippen molar-refractivity contribution in [2.75, 3.05) is 11.4 Å². The van der Waals surface area contributed by atoms with E-state index in [4.69, 9.17) is 14.7 Å². The highest BCUT2D eigenvalue weighted by Crippen LogP contribution is 2.58. The van der Waals surface area contributed by atoms with Gasteiger partial charge in [0.1, 0.15) is 11.2 Å². The van der Waals surface area contributed by atoms with Crippen LogP contribution in [0.15, 0.2) is 59.7 Å². The molecule has 2 aliphatic rings. The van der Waals surface area contributed by atoms with Crippen LogP contribution < -0.4 is 9.64 Å². The minimum absolute atomic E-state index is 0.152. The third-order valence-electron chi connectivity index (χ3n) is 6.94. The zero-order chi connectivity index (χ0) is 21.5. The highest BCUT2D eigenvalue weighted by atomic mass is 16.5. The number of hydrogen-bond acceptors (Lipinski definition) is 4. The Balaban J connectivity index is 1.79. The number of aliphatic imine (C=N–C) groups is 1. The van der Waals surface area contributed by atoms with Gasteiger partial charge in [-0.25, -0.2) is 0 Å². The monoisotopic (exact) mass is 413 g/mol. The highest BCUT2D eigenvalue weighted by molar-refractivity contribution is 5.95. The van der Waals surface area contributed by atoms with Crippen LogP contribution in [0.4, 0.5) is 11.4 Å². The predicted octanol–water partition coefficient (Wildman–Crippen LogP) is 6.79. The van der Waals surface area contributed by atoms with Gasteiger partial charge in [0.25, 0.3) is 0 Å². The molecule has 3 heterocycles. The molecule has 2 aromatic carbocycles. The van der Waals surface area contributed by atoms with Crippen molar-refractivity contribution < 1.29 is 4.74 Å². The van der Waals surface area contributed by atoms with E-state index in [-0.39, 0.29) is 5.41 Å². The van der Waals surface area contributed by atoms with Gasteiger partial charge in [-0.05, 0) is 43.0 Å². The van der Waals surface area contributed by atoms with Gasteiger partial charge in [0.15, 0.2) is 5.75 Å². The molecule has 3 aromatic rings. The lowest BCUT2D eigenvalue weighted by atomic mass is 9.67. The molecule has 1 atom stereocenters. The maximum atomic E-state index is 7.18. The van der Waals surface area contributed by atoms with E-state index in [9.17, 15) is 0 Å². The van der Waals surface area contributed by atoms with Crippen molar-refractivity contribution in [1.82, 2.24) is 4.98 Å². The third-order valence-corrected chi connectivity index (χ3v) is 6.94. The lowest BCUT2D eigenvalue weighted by Crippen LogP contribution is -2.64. The van der Waals surface area contributed by atoms with E-state index in [0.717, 1.165) is 61.0 Å². The summed E-state index contributed by atoms with van der Waals surface area (Å²) in [5.74, 6) is 0.811. The standard InChI is InChI=1S/C27H31N3O/c1-4-15-26(16-5-2)21-11-7-8-12-23(21)30(18-6-3)27(26)19-29-22-14-13-20-10-9-17-28-24(20)25(22)31-27/h7-14,17,19H,4-6,15-16,18H2,1-3H3. The number of hydrogen-bond donors (Lipinski definition) is 0. The first kappa shape index (κ1) is 20.0. The summed E-state index contributed by atoms with van der Waals surface area (Å²) >= 11 is 0. The largest absolute Gasteiger partial charge is 0.457 e. The fourth-order valence-corrected chi connectivity index (χ4v) is 5.86. The van der Waals surface area contributed by atoms with E-state index in [1.807, 2.05) is 12.3 Å². The van der Waals surface area contributed by atoms with Gasteiger partial charge in [0.2, 0.25) is 5.72 Å². The van der Waals surface area contributed by atoms with Crippen LogP contribution in [0, 0.1) is 0 Å². The molecule has 0 N–H and O–H groups in total. The Kier molecular flexibility index (Phi) is 4.96. The van der Waals surface area contributed by atoms with E-state index >= 15 is 0 Å². The van der Waals surface area contributed by atoms with Gasteiger partial charge in [-0.15, -0.1) is 0 Å². The number of fused-ring (bicyclic) bond motifs is 4. The summed E-state index contributed by atoms with van der Waals surface area (Å²) in [6, 6.07) is 17.1. The second-order valence-electron chi connectivity index (χ2n) is 8.80. The summed E-state index contributed by atoms with van der Waals surface area (Å²) in [7, 11) is 0. The maximum absolute atomic E-state index is 7.18. The van der Waals surface area contributed by atoms with Gasteiger partial charge in [-0.2, -0.15) is 0 Å². The molecule has 2 aliphatic heterocycles. The van der Waals surface area contributed by atoms with Crippen molar-refractivity contribution in [1.29, 1.82) is 0 Å². The number of pyridine rings is 1. The Labute approximate surface area is 185 Å². The molecule has 4 heteroatoms. The normalized spacial score (nSPS) is 20.7. The summed E-state index contributed by atoms with van der Waals surface area (Å²) in [6.45, 7) is 7.72. The van der Waals surface area contributed by atoms with Crippen molar-refractivity contribution in [3.05, 3.63) is 60.3 Å². The summed E-state index contributed by atoms with van der Waals surface area (Å²) in [5, 5.41) is 1.09. The van der Waals surface area contributed by atoms with Gasteiger partial charge in [0, 0.05) is 23.8 Å². The quantitative estimate of drug-likeness (QED) is 0.446. The fraction of sp³-hybridized carbons (Fsp3) is 0.407. The van der Waals surface area contributed by atoms with Crippen LogP contribution in [-0.4, -0.2) is 23.5 Å². The van der Waals surface area contributed by atoms with Crippen LogP contribution in [0.1, 0.15) is 58.4 Å². The molecular formula is C27H31N3O. The molecule has 0 bridgehead atoms. The Morgan fingerprint density at radius 2 is 1.71 bits per heavy atom. The second-order valence-corrected chi connectivity index (χ2v) is 8.80. The molecule has 1 unspecified atom stereocenters. The van der Waals surface area contributed by atoms with Crippen molar-refractivity contribution in [3.8, 4) is 5.75 Å². The molecule has 0 amide bonds. The van der Waals surface area contributed by atoms with Gasteiger partial charge in [-0.3, -0.25) is 9.98 Å². The summed E-state index contributed by atoms with van der Waals surface area (Å²) in [5.41, 5.74) is 3.65. The average Bonchev–Trinajstić information content (AvgIpc) is 3.01. The molecule has 0 fully saturated rings. The van der Waals surface area contributed by atoms with Crippen LogP contribution >= 0.6 is 0 Å². The average molecular weight is 414 g/mol. The van der Waals surface area contributed by atoms with Crippen molar-refractivity contribution in [2.24, 2.45) is 4.99 Å². The molecule has 1 aromatic heterocycles. The summed E-state index contributed by atoms with van der Waals surface area (Å²) in [6.07, 6.45) is 9.28. The smallest absolute Gasteiger partial charge is 0.229 e. The number of anilines is 1. The molecule has 4 nitrogen and oxygen atoms in total. The van der Waals surface area contributed by atoms with Gasteiger partial charge >= 0.3 is 0 Å². The number of ether oxygens (including phenoxy) is 1. The van der Waals surface area contributed by atoms with E-state index < -0.39 is 5.72 Å². The lowest BCUT2D eigenvalue weighted by molar-refractivity contribution is 0.0481. The van der Waals surface area contributed by atoms with E-state index in [1.165, 1.54) is 11.3 Å². The number of rotatable bonds is 6. The van der Waals surface area contributed by atoms with Gasteiger partial charge < -0.3 is 9.64 Å². The first-order valence-corrected chi connectivity index (χ1v) is 11.7. The summed E-state index contributed by atoms with van der Waals surface area (Å²) in [4.78, 5) is 12.2. The van der Waals surface area contributed by atoms with Gasteiger partial charge in [-0.1, -0.05) is 63.9 Å². The zero-order valence-corrected chi connectivity index (χ0v) is 18.8. The number of nitrogens with zero attached hydrogens (tertiary/aromatic N) is 3. The van der Waals surface area contributed by atoms with E-state index in [1.54, 1.807) is 0 Å². The van der Waals surface area contributed by atoms with Crippen LogP contribution in [0.3, 0.4) is 0 Å². The SMILES string of the molecule is CCCN1c2ccccc2C(CCC)(CCC)C12C=Nc1ccc3cccnc3c1O2. The molecule has 1 spiro atoms. The van der Waals surface area contributed by atoms with E-state index in [0.29, 0.717) is 0 Å². The first-order chi connectivity index (χ1) is 15.2. The van der Waals surface area contributed by atoms with Crippen LogP contribution in [0.5, 0.6) is 5.75 Å². The Morgan fingerprint density at radius 1 is 0.903 bits per heavy atom. The van der Waals surface area contributed by atoms with E-state index in [2.05, 4.69) is 74.4 Å². The molecule has 5 rings (SSSR count). The number of para-hydroxylation sites is 1. The molecule has 0 radical (unpaired) electrons. The molecule has 160 valence electrons. The molecule has 0 saturated heterocycles. The fourth-order valence-electron chi connectivity index (χ4n) is 5.86. The molecular weight excluding hydrogens is 382 g/mol. The lowest BCUT2D eigenvalue weighted by Gasteiger charge is -2.49. The van der Waals surface area contributed by atoms with Crippen LogP contribution in [0.25, 0.3) is 10.9 Å². The zero-order valence-electron chi connectivity index (χ0n) is 18.8. The third kappa shape index (κ3) is 2.73. The van der Waals surface area contributed by atoms with Crippen molar-refractivity contribution in [2.45, 2.75) is 64.0 Å². The maximum Gasteiger partial charge on any atom is 0.229 e. The van der Waals surface area contributed by atoms with Gasteiger partial charge in [0.05, 0.1) is 11.6 Å². The molecule has 31 heavy (non-hydrogen) atoms. The molecule has 0 aliphatic carbocycles. The molecule has 0 saturated carbocycles. The summed E-state index contributed by atoms with van der Waals surface area (Å²) < 4.78 is 7.18. The minimum atomic E-state index is -0.641. The first-order valence-electron chi connectivity index (χ1n) is 11.7. The second kappa shape index (κ2) is 7.67. The Morgan fingerprint density at radius 3 is 2.48 bits per heavy atom.